The van der Waals surface area contributed by atoms with Crippen molar-refractivity contribution in [1.82, 2.24) is 9.80 Å². The second-order valence-corrected chi connectivity index (χ2v) is 9.46. The quantitative estimate of drug-likeness (QED) is 0.773. The second-order valence-electron chi connectivity index (χ2n) is 9.46. The van der Waals surface area contributed by atoms with E-state index in [1.54, 1.807) is 0 Å². The Hall–Kier alpha value is -2.11. The molecule has 0 N–H and O–H groups in total. The molecular formula is C25H33N3O2. The first-order chi connectivity index (χ1) is 14.6. The molecular weight excluding hydrogens is 374 g/mol. The lowest BCUT2D eigenvalue weighted by molar-refractivity contribution is -0.0806. The maximum Gasteiger partial charge on any atom is 0.254 e. The van der Waals surface area contributed by atoms with Gasteiger partial charge in [-0.3, -0.25) is 9.69 Å². The lowest BCUT2D eigenvalue weighted by Gasteiger charge is -2.57. The Morgan fingerprint density at radius 1 is 1.10 bits per heavy atom. The molecule has 1 amide bonds. The molecule has 0 unspecified atom stereocenters. The van der Waals surface area contributed by atoms with Crippen molar-refractivity contribution >= 4 is 22.4 Å². The molecule has 0 saturated carbocycles. The van der Waals surface area contributed by atoms with Crippen LogP contribution in [0.25, 0.3) is 10.8 Å². The number of hydrogen-bond acceptors (Lipinski definition) is 4. The third kappa shape index (κ3) is 3.38. The smallest absolute Gasteiger partial charge is 0.254 e. The summed E-state index contributed by atoms with van der Waals surface area (Å²) in [5.74, 6) is 0.180. The molecule has 3 heterocycles. The van der Waals surface area contributed by atoms with E-state index in [-0.39, 0.29) is 11.4 Å². The van der Waals surface area contributed by atoms with Crippen LogP contribution in [0.5, 0.6) is 0 Å². The number of nitrogens with zero attached hydrogens (tertiary/aromatic N) is 3. The first-order valence-corrected chi connectivity index (χ1v) is 11.4. The summed E-state index contributed by atoms with van der Waals surface area (Å²) in [5.41, 5.74) is 2.15. The van der Waals surface area contributed by atoms with Crippen LogP contribution in [0.4, 0.5) is 5.69 Å². The average molecular weight is 408 g/mol. The Bertz CT molecular complexity index is 937. The molecule has 2 aromatic carbocycles. The molecule has 0 aliphatic carbocycles. The summed E-state index contributed by atoms with van der Waals surface area (Å²) in [7, 11) is 4.10. The molecule has 3 aliphatic heterocycles. The number of hydrogen-bond donors (Lipinski definition) is 0. The van der Waals surface area contributed by atoms with Crippen LogP contribution in [0.3, 0.4) is 0 Å². The largest absolute Gasteiger partial charge is 0.377 e. The Morgan fingerprint density at radius 2 is 1.93 bits per heavy atom. The van der Waals surface area contributed by atoms with Crippen molar-refractivity contribution in [3.63, 3.8) is 0 Å². The van der Waals surface area contributed by atoms with Gasteiger partial charge in [-0.05, 0) is 49.6 Å². The van der Waals surface area contributed by atoms with E-state index in [9.17, 15) is 4.79 Å². The minimum Gasteiger partial charge on any atom is -0.377 e. The number of rotatable bonds is 4. The zero-order chi connectivity index (χ0) is 20.7. The molecule has 1 spiro atoms. The molecule has 2 aromatic rings. The van der Waals surface area contributed by atoms with Gasteiger partial charge in [0.1, 0.15) is 0 Å². The number of benzene rings is 2. The summed E-state index contributed by atoms with van der Waals surface area (Å²) < 4.78 is 5.89. The van der Waals surface area contributed by atoms with E-state index >= 15 is 0 Å². The van der Waals surface area contributed by atoms with Crippen molar-refractivity contribution in [2.45, 2.75) is 43.7 Å². The Kier molecular flexibility index (Phi) is 5.19. The zero-order valence-electron chi connectivity index (χ0n) is 18.3. The van der Waals surface area contributed by atoms with Gasteiger partial charge < -0.3 is 14.5 Å². The van der Waals surface area contributed by atoms with Crippen LogP contribution in [0.15, 0.2) is 36.4 Å². The van der Waals surface area contributed by atoms with E-state index in [4.69, 9.17) is 4.74 Å². The van der Waals surface area contributed by atoms with Crippen molar-refractivity contribution in [1.29, 1.82) is 0 Å². The molecule has 5 rings (SSSR count). The number of amides is 1. The van der Waals surface area contributed by atoms with Crippen LogP contribution in [0, 0.1) is 0 Å². The number of fused-ring (bicyclic) bond motifs is 1. The van der Waals surface area contributed by atoms with Crippen molar-refractivity contribution in [3.8, 4) is 0 Å². The molecule has 0 radical (unpaired) electrons. The van der Waals surface area contributed by atoms with Gasteiger partial charge in [0.05, 0.1) is 6.10 Å². The van der Waals surface area contributed by atoms with Gasteiger partial charge >= 0.3 is 0 Å². The first kappa shape index (κ1) is 19.8. The van der Waals surface area contributed by atoms with E-state index in [1.165, 1.54) is 25.7 Å². The fraction of sp³-hybridized carbons (Fsp3) is 0.560. The van der Waals surface area contributed by atoms with Crippen molar-refractivity contribution in [2.75, 3.05) is 51.8 Å². The minimum atomic E-state index is 0.166. The number of ether oxygens (including phenoxy) is 1. The third-order valence-electron chi connectivity index (χ3n) is 7.42. The van der Waals surface area contributed by atoms with Crippen molar-refractivity contribution in [2.24, 2.45) is 0 Å². The highest BCUT2D eigenvalue weighted by atomic mass is 16.5. The molecule has 160 valence electrons. The third-order valence-corrected chi connectivity index (χ3v) is 7.42. The standard InChI is InChI=1S/C25H33N3O2/c1-26(2)23-11-10-22(20-8-3-4-9-21(20)23)24(29)27-14-6-12-25(18-27)13-15-28(25)17-19-7-5-16-30-19/h3-4,8-11,19H,5-7,12-18H2,1-2H3/t19-,25+/m0/s1. The highest BCUT2D eigenvalue weighted by molar-refractivity contribution is 6.10. The monoisotopic (exact) mass is 407 g/mol. The van der Waals surface area contributed by atoms with Crippen LogP contribution in [0.1, 0.15) is 42.5 Å². The van der Waals surface area contributed by atoms with Crippen molar-refractivity contribution < 1.29 is 9.53 Å². The van der Waals surface area contributed by atoms with E-state index in [1.807, 2.05) is 12.1 Å². The van der Waals surface area contributed by atoms with Crippen LogP contribution in [0.2, 0.25) is 0 Å². The van der Waals surface area contributed by atoms with Crippen LogP contribution in [-0.2, 0) is 4.74 Å². The van der Waals surface area contributed by atoms with Crippen LogP contribution < -0.4 is 4.90 Å². The van der Waals surface area contributed by atoms with Crippen LogP contribution >= 0.6 is 0 Å². The summed E-state index contributed by atoms with van der Waals surface area (Å²) in [6, 6.07) is 12.4. The molecule has 3 saturated heterocycles. The molecule has 2 atom stereocenters. The van der Waals surface area contributed by atoms with E-state index < -0.39 is 0 Å². The lowest BCUT2D eigenvalue weighted by atomic mass is 9.77. The summed E-state index contributed by atoms with van der Waals surface area (Å²) in [6.07, 6.45) is 6.23. The topological polar surface area (TPSA) is 36.0 Å². The average Bonchev–Trinajstić information content (AvgIpc) is 3.29. The maximum absolute atomic E-state index is 13.6. The normalized spacial score (nSPS) is 26.9. The molecule has 0 bridgehead atoms. The molecule has 0 aromatic heterocycles. The zero-order valence-corrected chi connectivity index (χ0v) is 18.3. The van der Waals surface area contributed by atoms with Gasteiger partial charge in [-0.15, -0.1) is 0 Å². The number of anilines is 1. The highest BCUT2D eigenvalue weighted by Gasteiger charge is 2.48. The summed E-state index contributed by atoms with van der Waals surface area (Å²) in [5, 5.41) is 2.20. The van der Waals surface area contributed by atoms with E-state index in [0.29, 0.717) is 6.10 Å². The maximum atomic E-state index is 13.6. The Morgan fingerprint density at radius 3 is 2.63 bits per heavy atom. The van der Waals surface area contributed by atoms with Gasteiger partial charge in [0.25, 0.3) is 5.91 Å². The molecule has 3 aliphatic rings. The predicted octanol–water partition coefficient (Wildman–Crippen LogP) is 3.77. The van der Waals surface area contributed by atoms with Crippen LogP contribution in [-0.4, -0.2) is 74.2 Å². The molecule has 30 heavy (non-hydrogen) atoms. The highest BCUT2D eigenvalue weighted by Crippen LogP contribution is 2.40. The summed E-state index contributed by atoms with van der Waals surface area (Å²) in [6.45, 7) is 4.79. The summed E-state index contributed by atoms with van der Waals surface area (Å²) in [4.78, 5) is 20.5. The number of likely N-dealkylation sites (tertiary alicyclic amines) is 2. The fourth-order valence-electron chi connectivity index (χ4n) is 5.68. The number of carbonyl (C=O) groups is 1. The summed E-state index contributed by atoms with van der Waals surface area (Å²) >= 11 is 0. The van der Waals surface area contributed by atoms with Gasteiger partial charge in [0.2, 0.25) is 0 Å². The SMILES string of the molecule is CN(C)c1ccc(C(=O)N2CCC[C@@]3(CCN3C[C@@H]3CCCO3)C2)c2ccccc12. The first-order valence-electron chi connectivity index (χ1n) is 11.4. The Balaban J connectivity index is 1.38. The van der Waals surface area contributed by atoms with Gasteiger partial charge in [-0.1, -0.05) is 24.3 Å². The predicted molar refractivity (Wildman–Crippen MR) is 121 cm³/mol. The van der Waals surface area contributed by atoms with Gasteiger partial charge in [0.15, 0.2) is 0 Å². The number of carbonyl (C=O) groups excluding carboxylic acids is 1. The second kappa shape index (κ2) is 7.86. The molecule has 5 nitrogen and oxygen atoms in total. The minimum absolute atomic E-state index is 0.166. The number of piperidine rings is 1. The van der Waals surface area contributed by atoms with Crippen molar-refractivity contribution in [3.05, 3.63) is 42.0 Å². The molecule has 3 fully saturated rings. The van der Waals surface area contributed by atoms with Gasteiger partial charge in [-0.25, -0.2) is 0 Å². The lowest BCUT2D eigenvalue weighted by Crippen LogP contribution is -2.68. The van der Waals surface area contributed by atoms with Gasteiger partial charge in [0, 0.05) is 69.1 Å². The van der Waals surface area contributed by atoms with E-state index in [2.05, 4.69) is 53.1 Å². The Labute approximate surface area is 179 Å². The fourth-order valence-corrected chi connectivity index (χ4v) is 5.68. The van der Waals surface area contributed by atoms with Gasteiger partial charge in [-0.2, -0.15) is 0 Å². The van der Waals surface area contributed by atoms with E-state index in [0.717, 1.165) is 61.2 Å². The molecule has 5 heteroatoms.